The molecule has 116 valence electrons. The first-order valence-electron chi connectivity index (χ1n) is 6.67. The van der Waals surface area contributed by atoms with E-state index in [1.54, 1.807) is 18.2 Å². The van der Waals surface area contributed by atoms with E-state index in [4.69, 9.17) is 10.5 Å². The van der Waals surface area contributed by atoms with Crippen LogP contribution in [0.15, 0.2) is 54.7 Å². The molecule has 3 nitrogen and oxygen atoms in total. The molecule has 0 spiro atoms. The molecule has 0 amide bonds. The second-order valence-electron chi connectivity index (χ2n) is 4.83. The van der Waals surface area contributed by atoms with Crippen LogP contribution in [-0.2, 0) is 0 Å². The van der Waals surface area contributed by atoms with Gasteiger partial charge in [-0.1, -0.05) is 0 Å². The summed E-state index contributed by atoms with van der Waals surface area (Å²) in [6.07, 6.45) is 1.31. The second kappa shape index (κ2) is 6.00. The molecular weight excluding hydrogens is 305 g/mol. The number of benzene rings is 2. The Balaban J connectivity index is 2.06. The standard InChI is InChI=1S/C17H11F3N2O/c18-11-6-12(19)8-14(7-11)23-16-9-13(21)1-2-15(16)10-3-4-22-17(20)5-10/h1-9H,21H2. The van der Waals surface area contributed by atoms with E-state index in [0.717, 1.165) is 18.2 Å². The van der Waals surface area contributed by atoms with E-state index in [0.29, 0.717) is 16.8 Å². The quantitative estimate of drug-likeness (QED) is 0.570. The molecule has 3 rings (SSSR count). The molecule has 0 bridgehead atoms. The number of hydrogen-bond acceptors (Lipinski definition) is 3. The Morgan fingerprint density at radius 3 is 2.30 bits per heavy atom. The van der Waals surface area contributed by atoms with E-state index in [1.165, 1.54) is 18.3 Å². The number of ether oxygens (including phenoxy) is 1. The summed E-state index contributed by atoms with van der Waals surface area (Å²) >= 11 is 0. The van der Waals surface area contributed by atoms with Crippen molar-refractivity contribution in [2.45, 2.75) is 0 Å². The van der Waals surface area contributed by atoms with Crippen LogP contribution in [0.4, 0.5) is 18.9 Å². The normalized spacial score (nSPS) is 10.6. The Kier molecular flexibility index (Phi) is 3.89. The lowest BCUT2D eigenvalue weighted by atomic mass is 10.1. The topological polar surface area (TPSA) is 48.1 Å². The Hall–Kier alpha value is -3.02. The molecule has 0 unspecified atom stereocenters. The van der Waals surface area contributed by atoms with Crippen molar-refractivity contribution in [2.24, 2.45) is 0 Å². The molecule has 0 saturated heterocycles. The van der Waals surface area contributed by atoms with Gasteiger partial charge in [-0.3, -0.25) is 0 Å². The zero-order valence-corrected chi connectivity index (χ0v) is 11.8. The van der Waals surface area contributed by atoms with Gasteiger partial charge in [0.25, 0.3) is 0 Å². The van der Waals surface area contributed by atoms with Crippen molar-refractivity contribution in [1.82, 2.24) is 4.98 Å². The summed E-state index contributed by atoms with van der Waals surface area (Å²) in [6.45, 7) is 0. The maximum atomic E-state index is 13.3. The van der Waals surface area contributed by atoms with Crippen molar-refractivity contribution >= 4 is 5.69 Å². The SMILES string of the molecule is Nc1ccc(-c2ccnc(F)c2)c(Oc2cc(F)cc(F)c2)c1. The summed E-state index contributed by atoms with van der Waals surface area (Å²) in [6, 6.07) is 10.4. The summed E-state index contributed by atoms with van der Waals surface area (Å²) in [4.78, 5) is 3.49. The summed E-state index contributed by atoms with van der Waals surface area (Å²) in [7, 11) is 0. The van der Waals surface area contributed by atoms with E-state index in [-0.39, 0.29) is 11.5 Å². The first-order valence-corrected chi connectivity index (χ1v) is 6.67. The lowest BCUT2D eigenvalue weighted by molar-refractivity contribution is 0.470. The van der Waals surface area contributed by atoms with Crippen LogP contribution in [0.2, 0.25) is 0 Å². The smallest absolute Gasteiger partial charge is 0.213 e. The van der Waals surface area contributed by atoms with Crippen LogP contribution in [0.25, 0.3) is 11.1 Å². The van der Waals surface area contributed by atoms with Crippen LogP contribution >= 0.6 is 0 Å². The number of nitrogens with two attached hydrogens (primary N) is 1. The average Bonchev–Trinajstić information content (AvgIpc) is 2.46. The molecule has 6 heteroatoms. The van der Waals surface area contributed by atoms with E-state index in [1.807, 2.05) is 0 Å². The lowest BCUT2D eigenvalue weighted by Gasteiger charge is -2.12. The zero-order chi connectivity index (χ0) is 16.4. The molecule has 2 aromatic carbocycles. The van der Waals surface area contributed by atoms with Gasteiger partial charge in [0, 0.05) is 47.8 Å². The highest BCUT2D eigenvalue weighted by Crippen LogP contribution is 2.35. The molecule has 0 aliphatic rings. The minimum Gasteiger partial charge on any atom is -0.456 e. The van der Waals surface area contributed by atoms with Crippen LogP contribution in [0, 0.1) is 17.6 Å². The van der Waals surface area contributed by atoms with Crippen molar-refractivity contribution in [3.63, 3.8) is 0 Å². The molecule has 2 N–H and O–H groups in total. The summed E-state index contributed by atoms with van der Waals surface area (Å²) < 4.78 is 45.4. The number of rotatable bonds is 3. The fraction of sp³-hybridized carbons (Fsp3) is 0. The van der Waals surface area contributed by atoms with Crippen LogP contribution in [0.3, 0.4) is 0 Å². The van der Waals surface area contributed by atoms with E-state index in [9.17, 15) is 13.2 Å². The monoisotopic (exact) mass is 316 g/mol. The van der Waals surface area contributed by atoms with Gasteiger partial charge in [-0.05, 0) is 23.8 Å². The van der Waals surface area contributed by atoms with Gasteiger partial charge in [0.15, 0.2) is 0 Å². The first-order chi connectivity index (χ1) is 11.0. The third-order valence-corrected chi connectivity index (χ3v) is 3.11. The predicted molar refractivity (Wildman–Crippen MR) is 80.5 cm³/mol. The zero-order valence-electron chi connectivity index (χ0n) is 11.8. The van der Waals surface area contributed by atoms with Gasteiger partial charge >= 0.3 is 0 Å². The van der Waals surface area contributed by atoms with Crippen molar-refractivity contribution in [3.8, 4) is 22.6 Å². The maximum absolute atomic E-state index is 13.3. The summed E-state index contributed by atoms with van der Waals surface area (Å²) in [5.41, 5.74) is 7.16. The van der Waals surface area contributed by atoms with Gasteiger partial charge in [-0.2, -0.15) is 4.39 Å². The Morgan fingerprint density at radius 1 is 0.870 bits per heavy atom. The molecule has 0 aliphatic carbocycles. The van der Waals surface area contributed by atoms with Gasteiger partial charge in [-0.25, -0.2) is 13.8 Å². The number of anilines is 1. The molecule has 0 saturated carbocycles. The molecule has 23 heavy (non-hydrogen) atoms. The first kappa shape index (κ1) is 14.9. The van der Waals surface area contributed by atoms with Crippen molar-refractivity contribution in [1.29, 1.82) is 0 Å². The highest BCUT2D eigenvalue weighted by Gasteiger charge is 2.11. The largest absolute Gasteiger partial charge is 0.456 e. The summed E-state index contributed by atoms with van der Waals surface area (Å²) in [5.74, 6) is -1.95. The van der Waals surface area contributed by atoms with Crippen LogP contribution < -0.4 is 10.5 Å². The Bertz CT molecular complexity index is 848. The van der Waals surface area contributed by atoms with Gasteiger partial charge in [0.2, 0.25) is 5.95 Å². The Morgan fingerprint density at radius 2 is 1.61 bits per heavy atom. The molecule has 1 aromatic heterocycles. The van der Waals surface area contributed by atoms with Gasteiger partial charge in [0.1, 0.15) is 23.1 Å². The molecule has 3 aromatic rings. The highest BCUT2D eigenvalue weighted by atomic mass is 19.1. The number of halogens is 3. The minimum atomic E-state index is -0.764. The van der Waals surface area contributed by atoms with Crippen molar-refractivity contribution in [2.75, 3.05) is 5.73 Å². The number of hydrogen-bond donors (Lipinski definition) is 1. The highest BCUT2D eigenvalue weighted by molar-refractivity contribution is 5.73. The van der Waals surface area contributed by atoms with E-state index >= 15 is 0 Å². The fourth-order valence-corrected chi connectivity index (χ4v) is 2.15. The number of nitrogen functional groups attached to an aromatic ring is 1. The fourth-order valence-electron chi connectivity index (χ4n) is 2.15. The van der Waals surface area contributed by atoms with Gasteiger partial charge in [0.05, 0.1) is 0 Å². The molecule has 0 fully saturated rings. The van der Waals surface area contributed by atoms with Gasteiger partial charge in [-0.15, -0.1) is 0 Å². The number of pyridine rings is 1. The number of aromatic nitrogens is 1. The summed E-state index contributed by atoms with van der Waals surface area (Å²) in [5, 5.41) is 0. The number of nitrogens with zero attached hydrogens (tertiary/aromatic N) is 1. The molecule has 0 radical (unpaired) electrons. The van der Waals surface area contributed by atoms with Crippen LogP contribution in [0.5, 0.6) is 11.5 Å². The third-order valence-electron chi connectivity index (χ3n) is 3.11. The van der Waals surface area contributed by atoms with Gasteiger partial charge < -0.3 is 10.5 Å². The van der Waals surface area contributed by atoms with Crippen molar-refractivity contribution in [3.05, 3.63) is 72.3 Å². The maximum Gasteiger partial charge on any atom is 0.213 e. The second-order valence-corrected chi connectivity index (χ2v) is 4.83. The van der Waals surface area contributed by atoms with E-state index in [2.05, 4.69) is 4.98 Å². The van der Waals surface area contributed by atoms with Crippen LogP contribution in [-0.4, -0.2) is 4.98 Å². The predicted octanol–water partition coefficient (Wildman–Crippen LogP) is 4.54. The molecule has 0 atom stereocenters. The van der Waals surface area contributed by atoms with E-state index < -0.39 is 17.6 Å². The average molecular weight is 316 g/mol. The third kappa shape index (κ3) is 3.42. The molecule has 0 aliphatic heterocycles. The van der Waals surface area contributed by atoms with Crippen LogP contribution in [0.1, 0.15) is 0 Å². The minimum absolute atomic E-state index is 0.0242. The Labute approximate surface area is 130 Å². The van der Waals surface area contributed by atoms with Crippen molar-refractivity contribution < 1.29 is 17.9 Å². The molecular formula is C17H11F3N2O. The lowest BCUT2D eigenvalue weighted by Crippen LogP contribution is -1.94. The molecule has 1 heterocycles.